The van der Waals surface area contributed by atoms with E-state index in [1.165, 1.54) is 0 Å². The summed E-state index contributed by atoms with van der Waals surface area (Å²) < 4.78 is 0. The SMILES string of the molecule is CC(C)N(C(=O)CO/N=C/c1ccc(Cl)cc1)c1ccccc1. The molecule has 0 aliphatic rings. The second-order valence-corrected chi connectivity index (χ2v) is 5.69. The molecule has 0 radical (unpaired) electrons. The third-order valence-electron chi connectivity index (χ3n) is 3.15. The number of hydrogen-bond acceptors (Lipinski definition) is 3. The zero-order valence-corrected chi connectivity index (χ0v) is 13.9. The highest BCUT2D eigenvalue weighted by Crippen LogP contribution is 2.16. The van der Waals surface area contributed by atoms with Crippen molar-refractivity contribution in [2.45, 2.75) is 19.9 Å². The van der Waals surface area contributed by atoms with E-state index in [2.05, 4.69) is 5.16 Å². The maximum Gasteiger partial charge on any atom is 0.267 e. The number of halogens is 1. The van der Waals surface area contributed by atoms with E-state index < -0.39 is 0 Å². The molecule has 4 nitrogen and oxygen atoms in total. The third-order valence-corrected chi connectivity index (χ3v) is 3.41. The number of benzene rings is 2. The van der Waals surface area contributed by atoms with Crippen molar-refractivity contribution in [3.63, 3.8) is 0 Å². The molecule has 0 aromatic heterocycles. The van der Waals surface area contributed by atoms with Crippen molar-refractivity contribution in [1.82, 2.24) is 0 Å². The number of carbonyl (C=O) groups excluding carboxylic acids is 1. The molecule has 0 unspecified atom stereocenters. The van der Waals surface area contributed by atoms with E-state index in [0.717, 1.165) is 11.3 Å². The molecule has 0 aliphatic heterocycles. The van der Waals surface area contributed by atoms with E-state index >= 15 is 0 Å². The number of para-hydroxylation sites is 1. The fourth-order valence-corrected chi connectivity index (χ4v) is 2.25. The molecule has 2 aromatic rings. The van der Waals surface area contributed by atoms with Crippen LogP contribution in [0.25, 0.3) is 0 Å². The van der Waals surface area contributed by atoms with Gasteiger partial charge >= 0.3 is 0 Å². The highest BCUT2D eigenvalue weighted by atomic mass is 35.5. The number of rotatable bonds is 6. The van der Waals surface area contributed by atoms with Crippen LogP contribution in [0, 0.1) is 0 Å². The summed E-state index contributed by atoms with van der Waals surface area (Å²) in [6.45, 7) is 3.81. The van der Waals surface area contributed by atoms with Crippen LogP contribution < -0.4 is 4.90 Å². The highest BCUT2D eigenvalue weighted by Gasteiger charge is 2.19. The van der Waals surface area contributed by atoms with Gasteiger partial charge in [-0.1, -0.05) is 47.1 Å². The first-order valence-corrected chi connectivity index (χ1v) is 7.73. The van der Waals surface area contributed by atoms with Crippen LogP contribution in [0.2, 0.25) is 5.02 Å². The number of oxime groups is 1. The summed E-state index contributed by atoms with van der Waals surface area (Å²) in [6, 6.07) is 16.7. The minimum Gasteiger partial charge on any atom is -0.386 e. The van der Waals surface area contributed by atoms with Gasteiger partial charge in [-0.2, -0.15) is 0 Å². The largest absolute Gasteiger partial charge is 0.386 e. The Kier molecular flexibility index (Phi) is 6.18. The van der Waals surface area contributed by atoms with Crippen LogP contribution in [-0.2, 0) is 9.63 Å². The topological polar surface area (TPSA) is 41.9 Å². The van der Waals surface area contributed by atoms with Crippen LogP contribution in [0.4, 0.5) is 5.69 Å². The molecule has 2 aromatic carbocycles. The maximum atomic E-state index is 12.4. The molecule has 0 atom stereocenters. The average molecular weight is 331 g/mol. The molecule has 0 saturated carbocycles. The van der Waals surface area contributed by atoms with Crippen molar-refractivity contribution in [3.05, 3.63) is 65.2 Å². The van der Waals surface area contributed by atoms with Crippen LogP contribution in [0.5, 0.6) is 0 Å². The van der Waals surface area contributed by atoms with E-state index in [-0.39, 0.29) is 18.6 Å². The van der Waals surface area contributed by atoms with Crippen molar-refractivity contribution in [2.75, 3.05) is 11.5 Å². The summed E-state index contributed by atoms with van der Waals surface area (Å²) in [7, 11) is 0. The Bertz CT molecular complexity index is 654. The first-order valence-electron chi connectivity index (χ1n) is 7.36. The number of nitrogens with zero attached hydrogens (tertiary/aromatic N) is 2. The molecule has 0 aliphatic carbocycles. The molecule has 0 bridgehead atoms. The third kappa shape index (κ3) is 5.11. The molecule has 2 rings (SSSR count). The van der Waals surface area contributed by atoms with E-state index in [4.69, 9.17) is 16.4 Å². The molecule has 1 amide bonds. The minimum atomic E-state index is -0.139. The van der Waals surface area contributed by atoms with E-state index in [1.54, 1.807) is 23.2 Å². The lowest BCUT2D eigenvalue weighted by molar-refractivity contribution is -0.123. The molecule has 0 N–H and O–H groups in total. The van der Waals surface area contributed by atoms with Gasteiger partial charge in [0, 0.05) is 16.8 Å². The normalized spacial score (nSPS) is 11.0. The molecule has 120 valence electrons. The molecule has 0 spiro atoms. The first kappa shape index (κ1) is 17.0. The molecule has 0 fully saturated rings. The quantitative estimate of drug-likeness (QED) is 0.590. The fourth-order valence-electron chi connectivity index (χ4n) is 2.13. The van der Waals surface area contributed by atoms with Crippen molar-refractivity contribution in [1.29, 1.82) is 0 Å². The summed E-state index contributed by atoms with van der Waals surface area (Å²) in [6.07, 6.45) is 1.55. The van der Waals surface area contributed by atoms with Gasteiger partial charge in [-0.3, -0.25) is 4.79 Å². The van der Waals surface area contributed by atoms with Crippen molar-refractivity contribution < 1.29 is 9.63 Å². The van der Waals surface area contributed by atoms with Crippen molar-refractivity contribution in [2.24, 2.45) is 5.16 Å². The lowest BCUT2D eigenvalue weighted by Gasteiger charge is -2.26. The molecular formula is C18H19ClN2O2. The lowest BCUT2D eigenvalue weighted by Crippen LogP contribution is -2.39. The molecule has 0 heterocycles. The standard InChI is InChI=1S/C18H19ClN2O2/c1-14(2)21(17-6-4-3-5-7-17)18(22)13-23-20-12-15-8-10-16(19)11-9-15/h3-12,14H,13H2,1-2H3/b20-12+. The first-order chi connectivity index (χ1) is 11.1. The minimum absolute atomic E-state index is 0.0359. The Balaban J connectivity index is 1.93. The average Bonchev–Trinajstić information content (AvgIpc) is 2.54. The second kappa shape index (κ2) is 8.34. The Morgan fingerprint density at radius 2 is 1.83 bits per heavy atom. The fraction of sp³-hybridized carbons (Fsp3) is 0.222. The van der Waals surface area contributed by atoms with Crippen LogP contribution in [0.15, 0.2) is 59.8 Å². The van der Waals surface area contributed by atoms with E-state index in [0.29, 0.717) is 5.02 Å². The summed E-state index contributed by atoms with van der Waals surface area (Å²) in [4.78, 5) is 19.2. The summed E-state index contributed by atoms with van der Waals surface area (Å²) in [5, 5.41) is 4.49. The zero-order chi connectivity index (χ0) is 16.7. The zero-order valence-electron chi connectivity index (χ0n) is 13.1. The second-order valence-electron chi connectivity index (χ2n) is 5.25. The maximum absolute atomic E-state index is 12.4. The Morgan fingerprint density at radius 3 is 2.43 bits per heavy atom. The van der Waals surface area contributed by atoms with Gasteiger partial charge in [-0.05, 0) is 43.7 Å². The van der Waals surface area contributed by atoms with Crippen LogP contribution in [-0.4, -0.2) is 24.8 Å². The molecule has 23 heavy (non-hydrogen) atoms. The molecule has 0 saturated heterocycles. The molecule has 5 heteroatoms. The number of hydrogen-bond donors (Lipinski definition) is 0. The Hall–Kier alpha value is -2.33. The van der Waals surface area contributed by atoms with Gasteiger partial charge in [0.25, 0.3) is 5.91 Å². The lowest BCUT2D eigenvalue weighted by atomic mass is 10.2. The predicted molar refractivity (Wildman–Crippen MR) is 94.1 cm³/mol. The van der Waals surface area contributed by atoms with Crippen LogP contribution >= 0.6 is 11.6 Å². The van der Waals surface area contributed by atoms with E-state index in [1.807, 2.05) is 56.3 Å². The summed E-state index contributed by atoms with van der Waals surface area (Å²) in [5.74, 6) is -0.139. The Labute approximate surface area is 141 Å². The number of carbonyl (C=O) groups is 1. The van der Waals surface area contributed by atoms with Gasteiger partial charge in [0.15, 0.2) is 6.61 Å². The number of anilines is 1. The van der Waals surface area contributed by atoms with E-state index in [9.17, 15) is 4.79 Å². The van der Waals surface area contributed by atoms with Gasteiger partial charge in [-0.15, -0.1) is 0 Å². The van der Waals surface area contributed by atoms with Gasteiger partial charge in [0.2, 0.25) is 0 Å². The van der Waals surface area contributed by atoms with Crippen molar-refractivity contribution in [3.8, 4) is 0 Å². The van der Waals surface area contributed by atoms with Crippen LogP contribution in [0.1, 0.15) is 19.4 Å². The van der Waals surface area contributed by atoms with Crippen molar-refractivity contribution >= 4 is 29.4 Å². The number of amides is 1. The van der Waals surface area contributed by atoms with Gasteiger partial charge in [0.05, 0.1) is 6.21 Å². The molecular weight excluding hydrogens is 312 g/mol. The summed E-state index contributed by atoms with van der Waals surface area (Å²) in [5.41, 5.74) is 1.70. The van der Waals surface area contributed by atoms with Crippen LogP contribution in [0.3, 0.4) is 0 Å². The monoisotopic (exact) mass is 330 g/mol. The van der Waals surface area contributed by atoms with Gasteiger partial charge in [-0.25, -0.2) is 0 Å². The summed E-state index contributed by atoms with van der Waals surface area (Å²) >= 11 is 5.81. The highest BCUT2D eigenvalue weighted by molar-refractivity contribution is 6.30. The van der Waals surface area contributed by atoms with Gasteiger partial charge < -0.3 is 9.74 Å². The Morgan fingerprint density at radius 1 is 1.17 bits per heavy atom. The smallest absolute Gasteiger partial charge is 0.267 e. The van der Waals surface area contributed by atoms with Gasteiger partial charge in [0.1, 0.15) is 0 Å². The predicted octanol–water partition coefficient (Wildman–Crippen LogP) is 4.13.